The number of halogens is 1. The third kappa shape index (κ3) is 5.53. The smallest absolute Gasteiger partial charge is 0.338 e. The molecule has 28 heavy (non-hydrogen) atoms. The van der Waals surface area contributed by atoms with Gasteiger partial charge in [0, 0.05) is 6.61 Å². The highest BCUT2D eigenvalue weighted by molar-refractivity contribution is 5.95. The summed E-state index contributed by atoms with van der Waals surface area (Å²) in [7, 11) is 0. The first-order valence-corrected chi connectivity index (χ1v) is 9.09. The molecule has 1 aliphatic rings. The number of carbonyl (C=O) groups excluding carboxylic acids is 2. The Morgan fingerprint density at radius 3 is 2.68 bits per heavy atom. The van der Waals surface area contributed by atoms with Crippen molar-refractivity contribution >= 4 is 17.6 Å². The normalized spacial score (nSPS) is 15.9. The van der Waals surface area contributed by atoms with E-state index in [1.807, 2.05) is 0 Å². The van der Waals surface area contributed by atoms with Crippen LogP contribution in [0.25, 0.3) is 0 Å². The molecule has 0 spiro atoms. The molecule has 2 aromatic carbocycles. The molecule has 0 bridgehead atoms. The summed E-state index contributed by atoms with van der Waals surface area (Å²) in [5.41, 5.74) is 1.07. The van der Waals surface area contributed by atoms with Gasteiger partial charge in [-0.3, -0.25) is 4.79 Å². The van der Waals surface area contributed by atoms with Crippen molar-refractivity contribution in [3.05, 3.63) is 59.4 Å². The number of nitrogens with one attached hydrogen (secondary N) is 1. The first-order chi connectivity index (χ1) is 13.5. The van der Waals surface area contributed by atoms with E-state index in [0.717, 1.165) is 25.0 Å². The van der Waals surface area contributed by atoms with Crippen LogP contribution in [0.4, 0.5) is 10.1 Å². The second-order valence-electron chi connectivity index (χ2n) is 6.58. The van der Waals surface area contributed by atoms with Crippen LogP contribution in [0.2, 0.25) is 0 Å². The minimum absolute atomic E-state index is 0.0411. The van der Waals surface area contributed by atoms with Crippen molar-refractivity contribution in [1.82, 2.24) is 0 Å². The Kier molecular flexibility index (Phi) is 6.60. The second-order valence-corrected chi connectivity index (χ2v) is 6.58. The van der Waals surface area contributed by atoms with Crippen LogP contribution in [0.3, 0.4) is 0 Å². The van der Waals surface area contributed by atoms with Gasteiger partial charge in [-0.15, -0.1) is 0 Å². The van der Waals surface area contributed by atoms with Crippen LogP contribution >= 0.6 is 0 Å². The molecule has 1 aliphatic heterocycles. The van der Waals surface area contributed by atoms with E-state index in [1.165, 1.54) is 12.1 Å². The molecule has 1 saturated heterocycles. The maximum absolute atomic E-state index is 13.7. The van der Waals surface area contributed by atoms with Gasteiger partial charge >= 0.3 is 5.97 Å². The van der Waals surface area contributed by atoms with Gasteiger partial charge < -0.3 is 19.5 Å². The summed E-state index contributed by atoms with van der Waals surface area (Å²) in [4.78, 5) is 23.9. The van der Waals surface area contributed by atoms with E-state index in [9.17, 15) is 14.0 Å². The van der Waals surface area contributed by atoms with Gasteiger partial charge in [-0.2, -0.15) is 0 Å². The Labute approximate surface area is 162 Å². The van der Waals surface area contributed by atoms with Gasteiger partial charge in [0.25, 0.3) is 5.91 Å². The third-order valence-corrected chi connectivity index (χ3v) is 4.28. The average Bonchev–Trinajstić information content (AvgIpc) is 3.21. The molecule has 0 unspecified atom stereocenters. The molecule has 0 aliphatic carbocycles. The number of esters is 1. The van der Waals surface area contributed by atoms with Crippen molar-refractivity contribution in [2.75, 3.05) is 25.1 Å². The van der Waals surface area contributed by atoms with Crippen LogP contribution in [-0.4, -0.2) is 37.8 Å². The van der Waals surface area contributed by atoms with Crippen molar-refractivity contribution in [3.8, 4) is 5.75 Å². The fraction of sp³-hybridized carbons (Fsp3) is 0.333. The molecular weight excluding hydrogens is 365 g/mol. The van der Waals surface area contributed by atoms with Gasteiger partial charge in [-0.25, -0.2) is 9.18 Å². The fourth-order valence-electron chi connectivity index (χ4n) is 2.77. The Morgan fingerprint density at radius 1 is 1.21 bits per heavy atom. The molecule has 0 saturated carbocycles. The highest BCUT2D eigenvalue weighted by Crippen LogP contribution is 2.17. The zero-order valence-corrected chi connectivity index (χ0v) is 15.6. The van der Waals surface area contributed by atoms with E-state index in [0.29, 0.717) is 17.9 Å². The predicted octanol–water partition coefficient (Wildman–Crippen LogP) is 3.49. The number of ether oxygens (including phenoxy) is 3. The van der Waals surface area contributed by atoms with E-state index in [2.05, 4.69) is 5.32 Å². The molecule has 2 aromatic rings. The lowest BCUT2D eigenvalue weighted by Gasteiger charge is -2.11. The number of hydrogen-bond acceptors (Lipinski definition) is 5. The van der Waals surface area contributed by atoms with Crippen LogP contribution in [0.15, 0.2) is 42.5 Å². The zero-order chi connectivity index (χ0) is 19.9. The van der Waals surface area contributed by atoms with Crippen molar-refractivity contribution in [3.63, 3.8) is 0 Å². The van der Waals surface area contributed by atoms with E-state index in [-0.39, 0.29) is 11.8 Å². The number of aryl methyl sites for hydroxylation is 1. The van der Waals surface area contributed by atoms with E-state index in [1.54, 1.807) is 37.3 Å². The maximum atomic E-state index is 13.7. The van der Waals surface area contributed by atoms with E-state index >= 15 is 0 Å². The molecule has 6 nitrogen and oxygen atoms in total. The topological polar surface area (TPSA) is 73.9 Å². The monoisotopic (exact) mass is 387 g/mol. The van der Waals surface area contributed by atoms with Crippen molar-refractivity contribution in [2.45, 2.75) is 25.9 Å². The summed E-state index contributed by atoms with van der Waals surface area (Å²) in [6.45, 7) is 2.47. The molecule has 1 heterocycles. The third-order valence-electron chi connectivity index (χ3n) is 4.28. The van der Waals surface area contributed by atoms with Gasteiger partial charge in [-0.1, -0.05) is 6.07 Å². The number of anilines is 1. The number of hydrogen-bond donors (Lipinski definition) is 1. The van der Waals surface area contributed by atoms with Gasteiger partial charge in [-0.05, 0) is 61.7 Å². The molecule has 1 N–H and O–H groups in total. The molecule has 0 aromatic heterocycles. The summed E-state index contributed by atoms with van der Waals surface area (Å²) >= 11 is 0. The lowest BCUT2D eigenvalue weighted by atomic mass is 10.2. The van der Waals surface area contributed by atoms with Crippen LogP contribution in [0.1, 0.15) is 28.8 Å². The number of rotatable bonds is 7. The molecule has 1 fully saturated rings. The minimum atomic E-state index is -0.648. The summed E-state index contributed by atoms with van der Waals surface area (Å²) < 4.78 is 29.8. The van der Waals surface area contributed by atoms with Gasteiger partial charge in [0.2, 0.25) is 0 Å². The van der Waals surface area contributed by atoms with E-state index < -0.39 is 24.3 Å². The fourth-order valence-corrected chi connectivity index (χ4v) is 2.77. The Bertz CT molecular complexity index is 831. The van der Waals surface area contributed by atoms with Gasteiger partial charge in [0.05, 0.1) is 17.4 Å². The molecule has 148 valence electrons. The molecule has 3 rings (SSSR count). The van der Waals surface area contributed by atoms with Crippen LogP contribution in [0, 0.1) is 12.7 Å². The average molecular weight is 387 g/mol. The zero-order valence-electron chi connectivity index (χ0n) is 15.6. The standard InChI is InChI=1S/C21H22FNO5/c1-14-4-9-19(18(22)11-14)23-20(24)13-28-21(25)15-5-7-16(8-6-15)27-12-17-3-2-10-26-17/h4-9,11,17H,2-3,10,12-13H2,1H3,(H,23,24)/t17-/m0/s1. The highest BCUT2D eigenvalue weighted by atomic mass is 19.1. The number of benzene rings is 2. The molecule has 7 heteroatoms. The summed E-state index contributed by atoms with van der Waals surface area (Å²) in [6.07, 6.45) is 2.14. The van der Waals surface area contributed by atoms with E-state index in [4.69, 9.17) is 14.2 Å². The lowest BCUT2D eigenvalue weighted by molar-refractivity contribution is -0.119. The second kappa shape index (κ2) is 9.32. The largest absolute Gasteiger partial charge is 0.491 e. The first-order valence-electron chi connectivity index (χ1n) is 9.09. The Balaban J connectivity index is 1.45. The maximum Gasteiger partial charge on any atom is 0.338 e. The van der Waals surface area contributed by atoms with Crippen molar-refractivity contribution in [1.29, 1.82) is 0 Å². The minimum Gasteiger partial charge on any atom is -0.491 e. The molecular formula is C21H22FNO5. The molecule has 1 amide bonds. The first kappa shape index (κ1) is 19.8. The summed E-state index contributed by atoms with van der Waals surface area (Å²) in [5.74, 6) is -1.18. The summed E-state index contributed by atoms with van der Waals surface area (Å²) in [6, 6.07) is 10.9. The van der Waals surface area contributed by atoms with Crippen LogP contribution in [0.5, 0.6) is 5.75 Å². The van der Waals surface area contributed by atoms with Crippen LogP contribution in [-0.2, 0) is 14.3 Å². The quantitative estimate of drug-likeness (QED) is 0.737. The van der Waals surface area contributed by atoms with Crippen LogP contribution < -0.4 is 10.1 Å². The molecule has 1 atom stereocenters. The predicted molar refractivity (Wildman–Crippen MR) is 101 cm³/mol. The van der Waals surface area contributed by atoms with Gasteiger partial charge in [0.15, 0.2) is 6.61 Å². The highest BCUT2D eigenvalue weighted by Gasteiger charge is 2.16. The lowest BCUT2D eigenvalue weighted by Crippen LogP contribution is -2.21. The SMILES string of the molecule is Cc1ccc(NC(=O)COC(=O)c2ccc(OC[C@@H]3CCCO3)cc2)c(F)c1. The van der Waals surface area contributed by atoms with Crippen molar-refractivity contribution in [2.24, 2.45) is 0 Å². The number of amides is 1. The Hall–Kier alpha value is -2.93. The summed E-state index contributed by atoms with van der Waals surface area (Å²) in [5, 5.41) is 2.37. The Morgan fingerprint density at radius 2 is 2.00 bits per heavy atom. The molecule has 0 radical (unpaired) electrons. The number of carbonyl (C=O) groups is 2. The van der Waals surface area contributed by atoms with Gasteiger partial charge in [0.1, 0.15) is 18.2 Å². The van der Waals surface area contributed by atoms with Crippen molar-refractivity contribution < 1.29 is 28.2 Å².